The summed E-state index contributed by atoms with van der Waals surface area (Å²) in [5.41, 5.74) is 3.04. The van der Waals surface area contributed by atoms with Crippen molar-refractivity contribution < 1.29 is 19.4 Å². The molecule has 0 amide bonds. The lowest BCUT2D eigenvalue weighted by atomic mass is 9.89. The van der Waals surface area contributed by atoms with Crippen LogP contribution in [0.4, 0.5) is 0 Å². The first-order valence-electron chi connectivity index (χ1n) is 9.21. The number of ether oxygens (including phenoxy) is 2. The van der Waals surface area contributed by atoms with Gasteiger partial charge in [0.1, 0.15) is 0 Å². The lowest BCUT2D eigenvalue weighted by molar-refractivity contribution is 0.0696. The Labute approximate surface area is 154 Å². The fourth-order valence-electron chi connectivity index (χ4n) is 3.96. The maximum absolute atomic E-state index is 11.7. The van der Waals surface area contributed by atoms with Crippen molar-refractivity contribution in [2.75, 3.05) is 14.2 Å². The second kappa shape index (κ2) is 7.85. The van der Waals surface area contributed by atoms with E-state index in [2.05, 4.69) is 4.57 Å². The standard InChI is InChI=1S/C21H27NO4/c1-14-17(21(23)24)12-18(22(14)13-15-7-5-4-6-8-15)16-9-10-19(25-2)20(11-16)26-3/h9-12,15H,4-8,13H2,1-3H3,(H,23,24). The van der Waals surface area contributed by atoms with Crippen LogP contribution in [0, 0.1) is 12.8 Å². The lowest BCUT2D eigenvalue weighted by Crippen LogP contribution is -2.16. The molecule has 5 nitrogen and oxygen atoms in total. The van der Waals surface area contributed by atoms with Gasteiger partial charge in [0.25, 0.3) is 0 Å². The van der Waals surface area contributed by atoms with Gasteiger partial charge in [0.15, 0.2) is 11.5 Å². The summed E-state index contributed by atoms with van der Waals surface area (Å²) in [5.74, 6) is 1.03. The summed E-state index contributed by atoms with van der Waals surface area (Å²) >= 11 is 0. The van der Waals surface area contributed by atoms with Gasteiger partial charge in [-0.15, -0.1) is 0 Å². The van der Waals surface area contributed by atoms with E-state index >= 15 is 0 Å². The number of methoxy groups -OCH3 is 2. The number of hydrogen-bond donors (Lipinski definition) is 1. The minimum atomic E-state index is -0.883. The van der Waals surface area contributed by atoms with Crippen molar-refractivity contribution in [3.63, 3.8) is 0 Å². The van der Waals surface area contributed by atoms with Crippen LogP contribution in [0.1, 0.15) is 48.2 Å². The van der Waals surface area contributed by atoms with Crippen LogP contribution in [0.25, 0.3) is 11.3 Å². The molecule has 0 unspecified atom stereocenters. The first-order valence-corrected chi connectivity index (χ1v) is 9.21. The van der Waals surface area contributed by atoms with Crippen molar-refractivity contribution >= 4 is 5.97 Å². The molecule has 0 atom stereocenters. The van der Waals surface area contributed by atoms with E-state index in [1.165, 1.54) is 32.1 Å². The first kappa shape index (κ1) is 18.4. The number of carboxylic acid groups (broad SMARTS) is 1. The van der Waals surface area contributed by atoms with E-state index in [0.717, 1.165) is 23.5 Å². The summed E-state index contributed by atoms with van der Waals surface area (Å²) in [5, 5.41) is 9.58. The predicted octanol–water partition coefficient (Wildman–Crippen LogP) is 4.76. The Balaban J connectivity index is 2.04. The average molecular weight is 357 g/mol. The van der Waals surface area contributed by atoms with Gasteiger partial charge in [-0.1, -0.05) is 19.3 Å². The van der Waals surface area contributed by atoms with Crippen molar-refractivity contribution in [3.05, 3.63) is 35.5 Å². The maximum Gasteiger partial charge on any atom is 0.337 e. The Morgan fingerprint density at radius 3 is 2.42 bits per heavy atom. The van der Waals surface area contributed by atoms with Gasteiger partial charge in [-0.3, -0.25) is 0 Å². The number of nitrogens with zero attached hydrogens (tertiary/aromatic N) is 1. The third kappa shape index (κ3) is 3.57. The molecule has 1 aromatic heterocycles. The van der Waals surface area contributed by atoms with Crippen LogP contribution in [0.2, 0.25) is 0 Å². The number of aromatic nitrogens is 1. The Morgan fingerprint density at radius 1 is 1.12 bits per heavy atom. The fourth-order valence-corrected chi connectivity index (χ4v) is 3.96. The van der Waals surface area contributed by atoms with Crippen LogP contribution in [0.15, 0.2) is 24.3 Å². The van der Waals surface area contributed by atoms with E-state index in [4.69, 9.17) is 9.47 Å². The van der Waals surface area contributed by atoms with Crippen LogP contribution in [-0.4, -0.2) is 29.9 Å². The Morgan fingerprint density at radius 2 is 1.81 bits per heavy atom. The normalized spacial score (nSPS) is 15.0. The van der Waals surface area contributed by atoms with E-state index in [9.17, 15) is 9.90 Å². The number of carboxylic acids is 1. The zero-order valence-corrected chi connectivity index (χ0v) is 15.7. The minimum absolute atomic E-state index is 0.366. The van der Waals surface area contributed by atoms with E-state index < -0.39 is 5.97 Å². The molecule has 140 valence electrons. The SMILES string of the molecule is COc1ccc(-c2cc(C(=O)O)c(C)n2CC2CCCCC2)cc1OC. The van der Waals surface area contributed by atoms with Crippen molar-refractivity contribution in [3.8, 4) is 22.8 Å². The minimum Gasteiger partial charge on any atom is -0.493 e. The summed E-state index contributed by atoms with van der Waals surface area (Å²) in [6.07, 6.45) is 6.27. The van der Waals surface area contributed by atoms with Gasteiger partial charge in [0, 0.05) is 23.5 Å². The summed E-state index contributed by atoms with van der Waals surface area (Å²) < 4.78 is 12.9. The van der Waals surface area contributed by atoms with E-state index in [1.807, 2.05) is 25.1 Å². The molecule has 26 heavy (non-hydrogen) atoms. The molecule has 3 rings (SSSR count). The average Bonchev–Trinajstić information content (AvgIpc) is 2.98. The highest BCUT2D eigenvalue weighted by atomic mass is 16.5. The molecule has 0 radical (unpaired) electrons. The third-order valence-electron chi connectivity index (χ3n) is 5.44. The zero-order chi connectivity index (χ0) is 18.7. The highest BCUT2D eigenvalue weighted by Gasteiger charge is 2.22. The molecule has 5 heteroatoms. The Hall–Kier alpha value is -2.43. The lowest BCUT2D eigenvalue weighted by Gasteiger charge is -2.24. The Kier molecular flexibility index (Phi) is 5.55. The quantitative estimate of drug-likeness (QED) is 0.810. The van der Waals surface area contributed by atoms with E-state index in [0.29, 0.717) is 23.0 Å². The topological polar surface area (TPSA) is 60.7 Å². The van der Waals surface area contributed by atoms with Gasteiger partial charge in [-0.05, 0) is 49.9 Å². The van der Waals surface area contributed by atoms with Gasteiger partial charge in [0.05, 0.1) is 19.8 Å². The summed E-state index contributed by atoms with van der Waals surface area (Å²) in [6, 6.07) is 7.51. The number of carbonyl (C=O) groups is 1. The van der Waals surface area contributed by atoms with E-state index in [-0.39, 0.29) is 0 Å². The van der Waals surface area contributed by atoms with Gasteiger partial charge in [-0.2, -0.15) is 0 Å². The monoisotopic (exact) mass is 357 g/mol. The summed E-state index contributed by atoms with van der Waals surface area (Å²) in [7, 11) is 3.21. The first-order chi connectivity index (χ1) is 12.5. The third-order valence-corrected chi connectivity index (χ3v) is 5.44. The highest BCUT2D eigenvalue weighted by molar-refractivity contribution is 5.91. The Bertz CT molecular complexity index is 788. The smallest absolute Gasteiger partial charge is 0.337 e. The zero-order valence-electron chi connectivity index (χ0n) is 15.7. The number of hydrogen-bond acceptors (Lipinski definition) is 3. The van der Waals surface area contributed by atoms with Gasteiger partial charge >= 0.3 is 5.97 Å². The van der Waals surface area contributed by atoms with Crippen LogP contribution in [0.3, 0.4) is 0 Å². The van der Waals surface area contributed by atoms with Gasteiger partial charge in [-0.25, -0.2) is 4.79 Å². The second-order valence-electron chi connectivity index (χ2n) is 7.02. The molecular formula is C21H27NO4. The van der Waals surface area contributed by atoms with Gasteiger partial charge in [0.2, 0.25) is 0 Å². The van der Waals surface area contributed by atoms with Gasteiger partial charge < -0.3 is 19.1 Å². The van der Waals surface area contributed by atoms with Crippen LogP contribution in [-0.2, 0) is 6.54 Å². The molecule has 1 N–H and O–H groups in total. The molecule has 0 saturated heterocycles. The second-order valence-corrected chi connectivity index (χ2v) is 7.02. The molecule has 1 aromatic carbocycles. The van der Waals surface area contributed by atoms with Crippen molar-refractivity contribution in [2.45, 2.75) is 45.6 Å². The molecule has 0 spiro atoms. The molecule has 1 fully saturated rings. The summed E-state index contributed by atoms with van der Waals surface area (Å²) in [6.45, 7) is 2.76. The number of rotatable bonds is 6. The molecule has 0 aliphatic heterocycles. The maximum atomic E-state index is 11.7. The van der Waals surface area contributed by atoms with Crippen molar-refractivity contribution in [2.24, 2.45) is 5.92 Å². The molecule has 0 bridgehead atoms. The van der Waals surface area contributed by atoms with Crippen molar-refractivity contribution in [1.29, 1.82) is 0 Å². The largest absolute Gasteiger partial charge is 0.493 e. The van der Waals surface area contributed by atoms with Crippen molar-refractivity contribution in [1.82, 2.24) is 4.57 Å². The summed E-state index contributed by atoms with van der Waals surface area (Å²) in [4.78, 5) is 11.7. The van der Waals surface area contributed by atoms with Crippen LogP contribution >= 0.6 is 0 Å². The van der Waals surface area contributed by atoms with Crippen LogP contribution < -0.4 is 9.47 Å². The van der Waals surface area contributed by atoms with Crippen LogP contribution in [0.5, 0.6) is 11.5 Å². The molecule has 1 heterocycles. The fraction of sp³-hybridized carbons (Fsp3) is 0.476. The molecule has 1 aliphatic rings. The number of benzene rings is 1. The molecule has 1 aliphatic carbocycles. The molecule has 1 saturated carbocycles. The predicted molar refractivity (Wildman–Crippen MR) is 101 cm³/mol. The number of aromatic carboxylic acids is 1. The van der Waals surface area contributed by atoms with E-state index in [1.54, 1.807) is 20.3 Å². The highest BCUT2D eigenvalue weighted by Crippen LogP contribution is 2.35. The molecule has 2 aromatic rings. The molecular weight excluding hydrogens is 330 g/mol.